The Morgan fingerprint density at radius 2 is 2.21 bits per heavy atom. The number of aryl methyl sites for hydroxylation is 1. The molecule has 8 nitrogen and oxygen atoms in total. The lowest BCUT2D eigenvalue weighted by Gasteiger charge is -2.32. The number of carbonyl (C=O) groups is 1. The van der Waals surface area contributed by atoms with Crippen molar-refractivity contribution in [2.75, 3.05) is 25.0 Å². The molecule has 150 valence electrons. The van der Waals surface area contributed by atoms with Crippen molar-refractivity contribution in [2.24, 2.45) is 5.73 Å². The van der Waals surface area contributed by atoms with Crippen molar-refractivity contribution < 1.29 is 9.90 Å². The maximum Gasteiger partial charge on any atom is 0.231 e. The predicted octanol–water partition coefficient (Wildman–Crippen LogP) is 2.07. The van der Waals surface area contributed by atoms with Crippen LogP contribution >= 0.6 is 0 Å². The van der Waals surface area contributed by atoms with Crippen LogP contribution in [0.1, 0.15) is 18.4 Å². The van der Waals surface area contributed by atoms with Crippen LogP contribution in [0.15, 0.2) is 36.5 Å². The number of nitrogens with zero attached hydrogens (tertiary/aromatic N) is 4. The third-order valence-corrected chi connectivity index (χ3v) is 5.17. The van der Waals surface area contributed by atoms with E-state index in [1.165, 1.54) is 0 Å². The molecule has 1 aliphatic rings. The van der Waals surface area contributed by atoms with Gasteiger partial charge in [0, 0.05) is 29.7 Å². The molecule has 2 aromatic heterocycles. The number of phenolic OH excluding ortho intramolecular Hbond substituents is 1. The number of piperidine rings is 1. The van der Waals surface area contributed by atoms with Gasteiger partial charge < -0.3 is 16.2 Å². The highest BCUT2D eigenvalue weighted by Crippen LogP contribution is 2.34. The van der Waals surface area contributed by atoms with Crippen LogP contribution in [0.3, 0.4) is 0 Å². The molecule has 0 saturated carbocycles. The van der Waals surface area contributed by atoms with Gasteiger partial charge in [0.15, 0.2) is 5.82 Å². The Hall–Kier alpha value is -3.26. The summed E-state index contributed by atoms with van der Waals surface area (Å²) in [5.74, 6) is 0.446. The van der Waals surface area contributed by atoms with Crippen molar-refractivity contribution in [1.29, 1.82) is 0 Å². The Morgan fingerprint density at radius 3 is 3.00 bits per heavy atom. The number of primary amides is 1. The van der Waals surface area contributed by atoms with Crippen LogP contribution in [0.25, 0.3) is 22.2 Å². The SMILES string of the molecule is Cc1ccc(-c2nnc(NC3CCCN(CC(N)=O)C3)c3ncccc23)c(O)c1. The van der Waals surface area contributed by atoms with Crippen LogP contribution in [-0.2, 0) is 4.79 Å². The molecule has 0 aliphatic carbocycles. The number of likely N-dealkylation sites (tertiary alicyclic amines) is 1. The number of rotatable bonds is 5. The first-order valence-electron chi connectivity index (χ1n) is 9.70. The highest BCUT2D eigenvalue weighted by molar-refractivity contribution is 5.98. The molecule has 4 N–H and O–H groups in total. The molecule has 1 amide bonds. The third-order valence-electron chi connectivity index (χ3n) is 5.17. The van der Waals surface area contributed by atoms with Crippen LogP contribution in [-0.4, -0.2) is 56.8 Å². The summed E-state index contributed by atoms with van der Waals surface area (Å²) < 4.78 is 0. The number of fused-ring (bicyclic) bond motifs is 1. The summed E-state index contributed by atoms with van der Waals surface area (Å²) in [4.78, 5) is 17.8. The summed E-state index contributed by atoms with van der Waals surface area (Å²) >= 11 is 0. The number of aromatic nitrogens is 3. The molecule has 1 fully saturated rings. The van der Waals surface area contributed by atoms with Gasteiger partial charge in [0.2, 0.25) is 5.91 Å². The van der Waals surface area contributed by atoms with Crippen LogP contribution in [0.2, 0.25) is 0 Å². The van der Waals surface area contributed by atoms with E-state index >= 15 is 0 Å². The molecule has 1 aromatic carbocycles. The van der Waals surface area contributed by atoms with E-state index < -0.39 is 0 Å². The van der Waals surface area contributed by atoms with E-state index in [1.54, 1.807) is 12.3 Å². The van der Waals surface area contributed by atoms with Crippen molar-refractivity contribution in [1.82, 2.24) is 20.1 Å². The Morgan fingerprint density at radius 1 is 1.34 bits per heavy atom. The van der Waals surface area contributed by atoms with Crippen LogP contribution < -0.4 is 11.1 Å². The first-order chi connectivity index (χ1) is 14.0. The normalized spacial score (nSPS) is 17.3. The summed E-state index contributed by atoms with van der Waals surface area (Å²) in [6, 6.07) is 9.38. The average Bonchev–Trinajstić information content (AvgIpc) is 2.69. The number of nitrogens with one attached hydrogen (secondary N) is 1. The molecule has 4 rings (SSSR count). The summed E-state index contributed by atoms with van der Waals surface area (Å²) in [7, 11) is 0. The monoisotopic (exact) mass is 392 g/mol. The van der Waals surface area contributed by atoms with E-state index in [0.717, 1.165) is 30.3 Å². The number of anilines is 1. The second-order valence-electron chi connectivity index (χ2n) is 7.50. The number of pyridine rings is 1. The molecule has 0 radical (unpaired) electrons. The quantitative estimate of drug-likeness (QED) is 0.608. The standard InChI is InChI=1S/C21H24N6O2/c1-13-6-7-15(17(28)10-13)19-16-5-2-8-23-20(16)21(26-25-19)24-14-4-3-9-27(11-14)12-18(22)29/h2,5-8,10,14,28H,3-4,9,11-12H2,1H3,(H2,22,29)(H,24,26). The fourth-order valence-corrected chi connectivity index (χ4v) is 3.86. The molecule has 0 spiro atoms. The average molecular weight is 392 g/mol. The predicted molar refractivity (Wildman–Crippen MR) is 111 cm³/mol. The van der Waals surface area contributed by atoms with E-state index in [4.69, 9.17) is 5.73 Å². The first-order valence-corrected chi connectivity index (χ1v) is 9.70. The van der Waals surface area contributed by atoms with Crippen molar-refractivity contribution >= 4 is 22.6 Å². The molecule has 1 saturated heterocycles. The minimum atomic E-state index is -0.320. The summed E-state index contributed by atoms with van der Waals surface area (Å²) in [5, 5.41) is 23.4. The minimum absolute atomic E-state index is 0.126. The Bertz CT molecular complexity index is 1050. The summed E-state index contributed by atoms with van der Waals surface area (Å²) in [6.45, 7) is 3.75. The number of hydrogen-bond acceptors (Lipinski definition) is 7. The molecule has 0 bridgehead atoms. The number of benzene rings is 1. The molecule has 1 unspecified atom stereocenters. The molecule has 3 heterocycles. The van der Waals surface area contributed by atoms with Gasteiger partial charge in [0.05, 0.1) is 6.54 Å². The van der Waals surface area contributed by atoms with Gasteiger partial charge >= 0.3 is 0 Å². The van der Waals surface area contributed by atoms with Crippen LogP contribution in [0.4, 0.5) is 5.82 Å². The van der Waals surface area contributed by atoms with Gasteiger partial charge in [-0.05, 0) is 56.1 Å². The fraction of sp³-hybridized carbons (Fsp3) is 0.333. The van der Waals surface area contributed by atoms with Crippen LogP contribution in [0.5, 0.6) is 5.75 Å². The Balaban J connectivity index is 1.66. The van der Waals surface area contributed by atoms with Gasteiger partial charge in [0.1, 0.15) is 17.0 Å². The zero-order valence-electron chi connectivity index (χ0n) is 16.3. The van der Waals surface area contributed by atoms with Crippen molar-refractivity contribution in [3.8, 4) is 17.0 Å². The van der Waals surface area contributed by atoms with E-state index in [0.29, 0.717) is 29.1 Å². The molecule has 1 aliphatic heterocycles. The van der Waals surface area contributed by atoms with Crippen molar-refractivity contribution in [3.05, 3.63) is 42.1 Å². The zero-order valence-corrected chi connectivity index (χ0v) is 16.3. The van der Waals surface area contributed by atoms with Crippen LogP contribution in [0, 0.1) is 6.92 Å². The maximum absolute atomic E-state index is 11.2. The lowest BCUT2D eigenvalue weighted by molar-refractivity contribution is -0.119. The molecular formula is C21H24N6O2. The van der Waals surface area contributed by atoms with Gasteiger partial charge in [-0.2, -0.15) is 0 Å². The number of hydrogen-bond donors (Lipinski definition) is 3. The highest BCUT2D eigenvalue weighted by atomic mass is 16.3. The van der Waals surface area contributed by atoms with E-state index in [1.807, 2.05) is 36.1 Å². The molecular weight excluding hydrogens is 368 g/mol. The fourth-order valence-electron chi connectivity index (χ4n) is 3.86. The minimum Gasteiger partial charge on any atom is -0.507 e. The molecule has 29 heavy (non-hydrogen) atoms. The van der Waals surface area contributed by atoms with E-state index in [2.05, 4.69) is 20.5 Å². The summed E-state index contributed by atoms with van der Waals surface area (Å²) in [6.07, 6.45) is 3.65. The number of carbonyl (C=O) groups excluding carboxylic acids is 1. The summed E-state index contributed by atoms with van der Waals surface area (Å²) in [5.41, 5.74) is 8.22. The number of aromatic hydroxyl groups is 1. The lowest BCUT2D eigenvalue weighted by Crippen LogP contribution is -2.45. The second-order valence-corrected chi connectivity index (χ2v) is 7.50. The maximum atomic E-state index is 11.2. The van der Waals surface area contributed by atoms with Crippen molar-refractivity contribution in [2.45, 2.75) is 25.8 Å². The Kier molecular flexibility index (Phi) is 5.26. The van der Waals surface area contributed by atoms with Gasteiger partial charge in [-0.1, -0.05) is 6.07 Å². The third kappa shape index (κ3) is 4.12. The smallest absolute Gasteiger partial charge is 0.231 e. The molecule has 1 atom stereocenters. The topological polar surface area (TPSA) is 117 Å². The first kappa shape index (κ1) is 19.1. The number of amides is 1. The van der Waals surface area contributed by atoms with Crippen molar-refractivity contribution in [3.63, 3.8) is 0 Å². The van der Waals surface area contributed by atoms with E-state index in [-0.39, 0.29) is 24.2 Å². The van der Waals surface area contributed by atoms with Gasteiger partial charge in [-0.25, -0.2) is 0 Å². The van der Waals surface area contributed by atoms with Gasteiger partial charge in [-0.3, -0.25) is 14.7 Å². The van der Waals surface area contributed by atoms with Gasteiger partial charge in [0.25, 0.3) is 0 Å². The zero-order chi connectivity index (χ0) is 20.4. The molecule has 3 aromatic rings. The lowest BCUT2D eigenvalue weighted by atomic mass is 10.0. The Labute approximate surface area is 168 Å². The highest BCUT2D eigenvalue weighted by Gasteiger charge is 2.23. The number of phenols is 1. The number of nitrogens with two attached hydrogens (primary N) is 1. The van der Waals surface area contributed by atoms with E-state index in [9.17, 15) is 9.90 Å². The van der Waals surface area contributed by atoms with Gasteiger partial charge in [-0.15, -0.1) is 10.2 Å². The second kappa shape index (κ2) is 8.00. The molecule has 8 heteroatoms. The largest absolute Gasteiger partial charge is 0.507 e.